The van der Waals surface area contributed by atoms with Crippen LogP contribution in [0.2, 0.25) is 0 Å². The Kier molecular flexibility index (Phi) is 4.01. The number of aromatic nitrogens is 2. The van der Waals surface area contributed by atoms with Crippen molar-refractivity contribution in [3.63, 3.8) is 0 Å². The van der Waals surface area contributed by atoms with Crippen molar-refractivity contribution in [2.45, 2.75) is 20.4 Å². The summed E-state index contributed by atoms with van der Waals surface area (Å²) in [6, 6.07) is 11.3. The first-order valence-electron chi connectivity index (χ1n) is 8.06. The lowest BCUT2D eigenvalue weighted by Crippen LogP contribution is -2.28. The van der Waals surface area contributed by atoms with Gasteiger partial charge in [-0.3, -0.25) is 14.2 Å². The van der Waals surface area contributed by atoms with Gasteiger partial charge in [0.15, 0.2) is 5.82 Å². The average molecular weight is 368 g/mol. The van der Waals surface area contributed by atoms with Crippen molar-refractivity contribution in [1.29, 1.82) is 0 Å². The maximum absolute atomic E-state index is 13.2. The number of hydrogen-bond donors (Lipinski definition) is 0. The summed E-state index contributed by atoms with van der Waals surface area (Å²) >= 11 is 2.95. The molecule has 0 aliphatic rings. The van der Waals surface area contributed by atoms with Gasteiger partial charge in [-0.1, -0.05) is 32.0 Å². The Morgan fingerprint density at radius 1 is 1.12 bits per heavy atom. The summed E-state index contributed by atoms with van der Waals surface area (Å²) in [7, 11) is 0. The summed E-state index contributed by atoms with van der Waals surface area (Å²) in [4.78, 5) is 32.3. The molecule has 0 spiro atoms. The minimum Gasteiger partial charge on any atom is -0.291 e. The predicted molar refractivity (Wildman–Crippen MR) is 106 cm³/mol. The SMILES string of the molecule is CC(C)Cn1c(-c2cccs2)nc2sc3ccccc3c(=O)c2c1=O. The first-order chi connectivity index (χ1) is 12.1. The zero-order chi connectivity index (χ0) is 17.6. The van der Waals surface area contributed by atoms with E-state index in [0.29, 0.717) is 22.6 Å². The molecule has 0 saturated heterocycles. The van der Waals surface area contributed by atoms with E-state index in [1.165, 1.54) is 11.3 Å². The van der Waals surface area contributed by atoms with Crippen LogP contribution in [0, 0.1) is 5.92 Å². The molecule has 25 heavy (non-hydrogen) atoms. The highest BCUT2D eigenvalue weighted by Gasteiger charge is 2.18. The Balaban J connectivity index is 2.17. The first-order valence-corrected chi connectivity index (χ1v) is 9.76. The molecule has 1 aromatic carbocycles. The third kappa shape index (κ3) is 2.71. The predicted octanol–water partition coefficient (Wildman–Crippen LogP) is 4.36. The Morgan fingerprint density at radius 2 is 1.92 bits per heavy atom. The zero-order valence-corrected chi connectivity index (χ0v) is 15.5. The Morgan fingerprint density at radius 3 is 2.64 bits per heavy atom. The van der Waals surface area contributed by atoms with Crippen molar-refractivity contribution >= 4 is 43.0 Å². The van der Waals surface area contributed by atoms with Crippen LogP contribution in [-0.4, -0.2) is 9.55 Å². The smallest absolute Gasteiger partial charge is 0.266 e. The minimum atomic E-state index is -0.242. The summed E-state index contributed by atoms with van der Waals surface area (Å²) in [5.41, 5.74) is -0.466. The molecule has 3 heterocycles. The van der Waals surface area contributed by atoms with Crippen molar-refractivity contribution in [3.8, 4) is 10.7 Å². The Hall–Kier alpha value is -2.31. The van der Waals surface area contributed by atoms with Gasteiger partial charge < -0.3 is 0 Å². The van der Waals surface area contributed by atoms with Gasteiger partial charge in [-0.25, -0.2) is 4.98 Å². The van der Waals surface area contributed by atoms with E-state index in [1.807, 2.05) is 35.7 Å². The molecule has 0 amide bonds. The largest absolute Gasteiger partial charge is 0.291 e. The van der Waals surface area contributed by atoms with Gasteiger partial charge in [-0.15, -0.1) is 22.7 Å². The van der Waals surface area contributed by atoms with E-state index < -0.39 is 0 Å². The Bertz CT molecular complexity index is 1190. The van der Waals surface area contributed by atoms with Crippen LogP contribution in [0.25, 0.3) is 31.0 Å². The molecule has 0 aliphatic heterocycles. The molecule has 6 heteroatoms. The van der Waals surface area contributed by atoms with Crippen LogP contribution in [0.5, 0.6) is 0 Å². The van der Waals surface area contributed by atoms with Crippen molar-refractivity contribution in [3.05, 3.63) is 62.4 Å². The fourth-order valence-electron chi connectivity index (χ4n) is 2.91. The highest BCUT2D eigenvalue weighted by molar-refractivity contribution is 7.24. The topological polar surface area (TPSA) is 52.0 Å². The maximum atomic E-state index is 13.2. The fraction of sp³-hybridized carbons (Fsp3) is 0.211. The van der Waals surface area contributed by atoms with E-state index in [-0.39, 0.29) is 22.3 Å². The number of hydrogen-bond acceptors (Lipinski definition) is 5. The average Bonchev–Trinajstić information content (AvgIpc) is 3.11. The summed E-state index contributed by atoms with van der Waals surface area (Å²) < 4.78 is 2.51. The Labute approximate surface area is 152 Å². The van der Waals surface area contributed by atoms with Gasteiger partial charge in [0.2, 0.25) is 5.43 Å². The molecule has 4 rings (SSSR count). The number of rotatable bonds is 3. The molecule has 126 valence electrons. The molecule has 4 nitrogen and oxygen atoms in total. The van der Waals surface area contributed by atoms with E-state index in [4.69, 9.17) is 4.98 Å². The monoisotopic (exact) mass is 368 g/mol. The highest BCUT2D eigenvalue weighted by Crippen LogP contribution is 2.27. The lowest BCUT2D eigenvalue weighted by molar-refractivity contribution is 0.513. The molecular weight excluding hydrogens is 352 g/mol. The van der Waals surface area contributed by atoms with Crippen molar-refractivity contribution < 1.29 is 0 Å². The molecular formula is C19H16N2O2S2. The molecule has 0 fully saturated rings. The molecule has 0 N–H and O–H groups in total. The van der Waals surface area contributed by atoms with Gasteiger partial charge in [-0.05, 0) is 29.5 Å². The van der Waals surface area contributed by atoms with E-state index in [1.54, 1.807) is 22.0 Å². The van der Waals surface area contributed by atoms with Crippen LogP contribution in [0.1, 0.15) is 13.8 Å². The van der Waals surface area contributed by atoms with E-state index in [9.17, 15) is 9.59 Å². The van der Waals surface area contributed by atoms with Crippen molar-refractivity contribution in [1.82, 2.24) is 9.55 Å². The lowest BCUT2D eigenvalue weighted by Gasteiger charge is -2.14. The van der Waals surface area contributed by atoms with Gasteiger partial charge in [0.1, 0.15) is 10.2 Å². The minimum absolute atomic E-state index is 0.199. The third-order valence-electron chi connectivity index (χ3n) is 3.99. The molecule has 0 bridgehead atoms. The van der Waals surface area contributed by atoms with Crippen molar-refractivity contribution in [2.75, 3.05) is 0 Å². The van der Waals surface area contributed by atoms with Gasteiger partial charge >= 0.3 is 0 Å². The van der Waals surface area contributed by atoms with Crippen LogP contribution in [0.3, 0.4) is 0 Å². The van der Waals surface area contributed by atoms with Crippen molar-refractivity contribution in [2.24, 2.45) is 5.92 Å². The summed E-state index contributed by atoms with van der Waals surface area (Å²) in [6.45, 7) is 4.64. The second-order valence-corrected chi connectivity index (χ2v) is 8.31. The zero-order valence-electron chi connectivity index (χ0n) is 13.9. The molecule has 0 atom stereocenters. The van der Waals surface area contributed by atoms with E-state index in [0.717, 1.165) is 9.58 Å². The first kappa shape index (κ1) is 16.2. The van der Waals surface area contributed by atoms with Gasteiger partial charge in [0.25, 0.3) is 5.56 Å². The van der Waals surface area contributed by atoms with Crippen LogP contribution >= 0.6 is 22.7 Å². The van der Waals surface area contributed by atoms with Crippen LogP contribution in [0.4, 0.5) is 0 Å². The molecule has 0 saturated carbocycles. The van der Waals surface area contributed by atoms with Crippen LogP contribution in [0.15, 0.2) is 51.4 Å². The number of thiophene rings is 1. The van der Waals surface area contributed by atoms with Crippen LogP contribution < -0.4 is 11.0 Å². The molecule has 3 aromatic heterocycles. The maximum Gasteiger partial charge on any atom is 0.266 e. The highest BCUT2D eigenvalue weighted by atomic mass is 32.1. The third-order valence-corrected chi connectivity index (χ3v) is 5.92. The fourth-order valence-corrected chi connectivity index (χ4v) is 4.68. The normalized spacial score (nSPS) is 11.6. The molecule has 0 radical (unpaired) electrons. The van der Waals surface area contributed by atoms with Gasteiger partial charge in [-0.2, -0.15) is 0 Å². The second kappa shape index (κ2) is 6.20. The van der Waals surface area contributed by atoms with Gasteiger partial charge in [0, 0.05) is 16.6 Å². The molecule has 4 aromatic rings. The summed E-state index contributed by atoms with van der Waals surface area (Å²) in [6.07, 6.45) is 0. The molecule has 0 aliphatic carbocycles. The molecule has 0 unspecified atom stereocenters. The number of fused-ring (bicyclic) bond motifs is 2. The number of nitrogens with zero attached hydrogens (tertiary/aromatic N) is 2. The lowest BCUT2D eigenvalue weighted by atomic mass is 10.2. The second-order valence-electron chi connectivity index (χ2n) is 6.33. The quantitative estimate of drug-likeness (QED) is 0.505. The summed E-state index contributed by atoms with van der Waals surface area (Å²) in [5, 5.41) is 2.75. The standard InChI is InChI=1S/C19H16N2O2S2/c1-11(2)10-21-17(14-8-5-9-24-14)20-18-15(19(21)23)16(22)12-6-3-4-7-13(12)25-18/h3-9,11H,10H2,1-2H3. The number of benzene rings is 1. The summed E-state index contributed by atoms with van der Waals surface area (Å²) in [5.74, 6) is 0.919. The van der Waals surface area contributed by atoms with Gasteiger partial charge in [0.05, 0.1) is 4.88 Å². The van der Waals surface area contributed by atoms with E-state index in [2.05, 4.69) is 13.8 Å². The van der Waals surface area contributed by atoms with E-state index >= 15 is 0 Å². The van der Waals surface area contributed by atoms with Crippen LogP contribution in [-0.2, 0) is 6.54 Å².